The zero-order chi connectivity index (χ0) is 13.1. The van der Waals surface area contributed by atoms with Crippen LogP contribution in [0.4, 0.5) is 5.69 Å². The van der Waals surface area contributed by atoms with Gasteiger partial charge in [-0.15, -0.1) is 0 Å². The Balaban J connectivity index is 1.68. The first-order valence-electron chi connectivity index (χ1n) is 6.10. The average Bonchev–Trinajstić information content (AvgIpc) is 2.91. The topological polar surface area (TPSA) is 24.4 Å². The number of rotatable bonds is 2. The summed E-state index contributed by atoms with van der Waals surface area (Å²) in [6.07, 6.45) is 0. The van der Waals surface area contributed by atoms with Crippen LogP contribution in [-0.2, 0) is 0 Å². The molecule has 0 radical (unpaired) electrons. The predicted molar refractivity (Wildman–Crippen MR) is 84.2 cm³/mol. The van der Waals surface area contributed by atoms with Crippen molar-refractivity contribution in [3.05, 3.63) is 65.2 Å². The highest BCUT2D eigenvalue weighted by molar-refractivity contribution is 8.14. The van der Waals surface area contributed by atoms with Gasteiger partial charge < -0.3 is 5.32 Å². The minimum atomic E-state index is 0.395. The molecule has 0 saturated heterocycles. The number of aliphatic imine (C=N–C) groups is 1. The number of nitrogens with one attached hydrogen (secondary N) is 1. The predicted octanol–water partition coefficient (Wildman–Crippen LogP) is 4.60. The van der Waals surface area contributed by atoms with Gasteiger partial charge in [0.2, 0.25) is 0 Å². The second kappa shape index (κ2) is 5.68. The maximum Gasteiger partial charge on any atom is 0.161 e. The van der Waals surface area contributed by atoms with Crippen molar-refractivity contribution >= 4 is 34.2 Å². The summed E-state index contributed by atoms with van der Waals surface area (Å²) in [4.78, 5) is 4.54. The molecule has 1 heterocycles. The molecule has 4 heteroatoms. The first-order valence-corrected chi connectivity index (χ1v) is 7.36. The van der Waals surface area contributed by atoms with Crippen LogP contribution in [0.3, 0.4) is 0 Å². The highest BCUT2D eigenvalue weighted by Gasteiger charge is 2.21. The van der Waals surface area contributed by atoms with E-state index in [1.165, 1.54) is 5.56 Å². The van der Waals surface area contributed by atoms with E-state index in [9.17, 15) is 0 Å². The molecule has 0 spiro atoms. The molecule has 0 saturated carbocycles. The summed E-state index contributed by atoms with van der Waals surface area (Å²) in [5.74, 6) is 0. The Morgan fingerprint density at radius 2 is 1.79 bits per heavy atom. The molecule has 3 rings (SSSR count). The summed E-state index contributed by atoms with van der Waals surface area (Å²) in [7, 11) is 0. The molecule has 2 aromatic rings. The van der Waals surface area contributed by atoms with Crippen molar-refractivity contribution in [3.8, 4) is 0 Å². The minimum absolute atomic E-state index is 0.395. The third kappa shape index (κ3) is 2.94. The van der Waals surface area contributed by atoms with Crippen LogP contribution in [0.5, 0.6) is 0 Å². The molecule has 1 N–H and O–H groups in total. The van der Waals surface area contributed by atoms with E-state index < -0.39 is 0 Å². The number of amidine groups is 1. The second-order valence-corrected chi connectivity index (χ2v) is 5.87. The summed E-state index contributed by atoms with van der Waals surface area (Å²) in [6, 6.07) is 18.2. The lowest BCUT2D eigenvalue weighted by Gasteiger charge is -2.10. The van der Waals surface area contributed by atoms with Gasteiger partial charge in [-0.25, -0.2) is 0 Å². The standard InChI is InChI=1S/C15H13ClN2S/c16-12-8-4-5-9-13(12)18-15-17-10-14(19-15)11-6-2-1-3-7-11/h1-9,14H,10H2,(H,17,18). The van der Waals surface area contributed by atoms with E-state index >= 15 is 0 Å². The number of hydrogen-bond acceptors (Lipinski definition) is 3. The molecule has 2 aromatic carbocycles. The van der Waals surface area contributed by atoms with E-state index in [1.54, 1.807) is 11.8 Å². The van der Waals surface area contributed by atoms with E-state index in [-0.39, 0.29) is 0 Å². The van der Waals surface area contributed by atoms with Crippen LogP contribution in [0.25, 0.3) is 0 Å². The molecule has 1 unspecified atom stereocenters. The SMILES string of the molecule is Clc1ccccc1NC1=NCC(c2ccccc2)S1. The molecule has 0 bridgehead atoms. The van der Waals surface area contributed by atoms with Crippen LogP contribution in [0, 0.1) is 0 Å². The molecule has 19 heavy (non-hydrogen) atoms. The molecule has 1 aliphatic heterocycles. The number of halogens is 1. The molecule has 0 fully saturated rings. The molecular weight excluding hydrogens is 276 g/mol. The van der Waals surface area contributed by atoms with Gasteiger partial charge in [0, 0.05) is 0 Å². The van der Waals surface area contributed by atoms with Gasteiger partial charge >= 0.3 is 0 Å². The van der Waals surface area contributed by atoms with Gasteiger partial charge in [-0.2, -0.15) is 0 Å². The lowest BCUT2D eigenvalue weighted by Crippen LogP contribution is -2.05. The molecule has 0 aliphatic carbocycles. The summed E-state index contributed by atoms with van der Waals surface area (Å²) in [6.45, 7) is 0.807. The fourth-order valence-electron chi connectivity index (χ4n) is 1.96. The van der Waals surface area contributed by atoms with Gasteiger partial charge in [-0.3, -0.25) is 4.99 Å². The zero-order valence-corrected chi connectivity index (χ0v) is 11.8. The Morgan fingerprint density at radius 3 is 2.58 bits per heavy atom. The van der Waals surface area contributed by atoms with Crippen molar-refractivity contribution in [2.45, 2.75) is 5.25 Å². The third-order valence-corrected chi connectivity index (χ3v) is 4.43. The minimum Gasteiger partial charge on any atom is -0.334 e. The largest absolute Gasteiger partial charge is 0.334 e. The lowest BCUT2D eigenvalue weighted by atomic mass is 10.1. The van der Waals surface area contributed by atoms with Gasteiger partial charge in [0.1, 0.15) is 0 Å². The quantitative estimate of drug-likeness (QED) is 0.873. The van der Waals surface area contributed by atoms with E-state index in [0.717, 1.165) is 17.4 Å². The van der Waals surface area contributed by atoms with Crippen LogP contribution in [-0.4, -0.2) is 11.7 Å². The van der Waals surface area contributed by atoms with Crippen LogP contribution in [0.2, 0.25) is 5.02 Å². The van der Waals surface area contributed by atoms with Gasteiger partial charge in [0.15, 0.2) is 5.17 Å². The highest BCUT2D eigenvalue weighted by Crippen LogP contribution is 2.36. The summed E-state index contributed by atoms with van der Waals surface area (Å²) in [5, 5.41) is 5.33. The van der Waals surface area contributed by atoms with Crippen molar-refractivity contribution in [1.82, 2.24) is 0 Å². The third-order valence-electron chi connectivity index (χ3n) is 2.94. The van der Waals surface area contributed by atoms with Gasteiger partial charge in [-0.1, -0.05) is 65.8 Å². The van der Waals surface area contributed by atoms with Crippen LogP contribution in [0.15, 0.2) is 59.6 Å². The van der Waals surface area contributed by atoms with Crippen molar-refractivity contribution in [3.63, 3.8) is 0 Å². The Hall–Kier alpha value is -1.45. The maximum absolute atomic E-state index is 6.13. The molecular formula is C15H13ClN2S. The molecule has 0 amide bonds. The summed E-state index contributed by atoms with van der Waals surface area (Å²) >= 11 is 7.88. The number of thioether (sulfide) groups is 1. The summed E-state index contributed by atoms with van der Waals surface area (Å²) in [5.41, 5.74) is 2.22. The molecule has 1 aliphatic rings. The molecule has 2 nitrogen and oxygen atoms in total. The second-order valence-electron chi connectivity index (χ2n) is 4.27. The Bertz CT molecular complexity index is 598. The first kappa shape index (κ1) is 12.6. The van der Waals surface area contributed by atoms with Gasteiger partial charge in [0.05, 0.1) is 22.5 Å². The fourth-order valence-corrected chi connectivity index (χ4v) is 3.18. The van der Waals surface area contributed by atoms with E-state index in [4.69, 9.17) is 11.6 Å². The Morgan fingerprint density at radius 1 is 1.05 bits per heavy atom. The van der Waals surface area contributed by atoms with E-state index in [1.807, 2.05) is 30.3 Å². The summed E-state index contributed by atoms with van der Waals surface area (Å²) < 4.78 is 0. The number of hydrogen-bond donors (Lipinski definition) is 1. The monoisotopic (exact) mass is 288 g/mol. The number of nitrogens with zero attached hydrogens (tertiary/aromatic N) is 1. The van der Waals surface area contributed by atoms with Crippen molar-refractivity contribution in [1.29, 1.82) is 0 Å². The number of para-hydroxylation sites is 1. The van der Waals surface area contributed by atoms with E-state index in [0.29, 0.717) is 10.3 Å². The van der Waals surface area contributed by atoms with Crippen LogP contribution < -0.4 is 5.32 Å². The van der Waals surface area contributed by atoms with Crippen LogP contribution >= 0.6 is 23.4 Å². The smallest absolute Gasteiger partial charge is 0.161 e. The van der Waals surface area contributed by atoms with Crippen molar-refractivity contribution in [2.75, 3.05) is 11.9 Å². The lowest BCUT2D eigenvalue weighted by molar-refractivity contribution is 0.966. The Labute approximate surface area is 121 Å². The van der Waals surface area contributed by atoms with Crippen molar-refractivity contribution in [2.24, 2.45) is 4.99 Å². The average molecular weight is 289 g/mol. The molecule has 1 atom stereocenters. The number of benzene rings is 2. The molecule has 96 valence electrons. The molecule has 0 aromatic heterocycles. The highest BCUT2D eigenvalue weighted by atomic mass is 35.5. The van der Waals surface area contributed by atoms with E-state index in [2.05, 4.69) is 34.6 Å². The number of anilines is 1. The Kier molecular flexibility index (Phi) is 3.76. The van der Waals surface area contributed by atoms with Gasteiger partial charge in [-0.05, 0) is 17.7 Å². The zero-order valence-electron chi connectivity index (χ0n) is 10.2. The fraction of sp³-hybridized carbons (Fsp3) is 0.133. The first-order chi connectivity index (χ1) is 9.33. The van der Waals surface area contributed by atoms with Crippen LogP contribution in [0.1, 0.15) is 10.8 Å². The van der Waals surface area contributed by atoms with Gasteiger partial charge in [0.25, 0.3) is 0 Å². The normalized spacial score (nSPS) is 18.2. The van der Waals surface area contributed by atoms with Crippen molar-refractivity contribution < 1.29 is 0 Å². The maximum atomic E-state index is 6.13.